The zero-order chi connectivity index (χ0) is 19.9. The molecule has 0 nitrogen and oxygen atoms in total. The highest BCUT2D eigenvalue weighted by Crippen LogP contribution is 2.37. The molecule has 0 aliphatic heterocycles. The van der Waals surface area contributed by atoms with Gasteiger partial charge >= 0.3 is 0 Å². The molecule has 2 aromatic rings. The zero-order valence-corrected chi connectivity index (χ0v) is 18.0. The van der Waals surface area contributed by atoms with E-state index in [-0.39, 0.29) is 5.82 Å². The summed E-state index contributed by atoms with van der Waals surface area (Å²) in [7, 11) is 0. The molecule has 0 heterocycles. The van der Waals surface area contributed by atoms with Gasteiger partial charge in [0.2, 0.25) is 0 Å². The largest absolute Gasteiger partial charge is 0.206 e. The topological polar surface area (TPSA) is 0 Å². The lowest BCUT2D eigenvalue weighted by Gasteiger charge is -2.32. The highest BCUT2D eigenvalue weighted by Gasteiger charge is 2.25. The van der Waals surface area contributed by atoms with Gasteiger partial charge in [0.15, 0.2) is 0 Å². The number of hydrogen-bond acceptors (Lipinski definition) is 0. The van der Waals surface area contributed by atoms with Gasteiger partial charge in [0.25, 0.3) is 0 Å². The van der Waals surface area contributed by atoms with Crippen LogP contribution in [0.2, 0.25) is 0 Å². The maximum absolute atomic E-state index is 14.7. The molecule has 1 unspecified atom stereocenters. The number of unbranched alkanes of at least 4 members (excludes halogenated alkanes) is 2. The van der Waals surface area contributed by atoms with Gasteiger partial charge in [0, 0.05) is 5.56 Å². The normalized spacial score (nSPS) is 20.9. The molecule has 1 saturated carbocycles. The molecule has 0 aromatic heterocycles. The Hall–Kier alpha value is -1.63. The SMILES string of the molecule is CCCCCC1CCC(C(C)Cc2ccc(-c3ccc(C)cc3)c(F)c2)CC1. The third-order valence-corrected chi connectivity index (χ3v) is 6.87. The average Bonchev–Trinajstić information content (AvgIpc) is 2.70. The van der Waals surface area contributed by atoms with Gasteiger partial charge in [-0.1, -0.05) is 94.3 Å². The molecule has 0 spiro atoms. The van der Waals surface area contributed by atoms with Crippen LogP contribution in [0.1, 0.15) is 76.3 Å². The van der Waals surface area contributed by atoms with Crippen LogP contribution in [0.4, 0.5) is 4.39 Å². The molecule has 0 saturated heterocycles. The number of hydrogen-bond donors (Lipinski definition) is 0. The van der Waals surface area contributed by atoms with Crippen LogP contribution in [-0.2, 0) is 6.42 Å². The Bertz CT molecular complexity index is 722. The molecule has 1 fully saturated rings. The van der Waals surface area contributed by atoms with Crippen molar-refractivity contribution in [3.05, 3.63) is 59.4 Å². The van der Waals surface area contributed by atoms with Crippen LogP contribution in [0, 0.1) is 30.5 Å². The van der Waals surface area contributed by atoms with Crippen LogP contribution < -0.4 is 0 Å². The monoisotopic (exact) mass is 380 g/mol. The first-order valence-corrected chi connectivity index (χ1v) is 11.4. The van der Waals surface area contributed by atoms with Gasteiger partial charge in [0.05, 0.1) is 0 Å². The first kappa shape index (κ1) is 21.1. The van der Waals surface area contributed by atoms with Crippen molar-refractivity contribution in [1.29, 1.82) is 0 Å². The summed E-state index contributed by atoms with van der Waals surface area (Å²) in [4.78, 5) is 0. The number of rotatable bonds is 8. The molecule has 2 aromatic carbocycles. The van der Waals surface area contributed by atoms with E-state index in [1.807, 2.05) is 30.3 Å². The zero-order valence-electron chi connectivity index (χ0n) is 18.0. The Balaban J connectivity index is 1.54. The second-order valence-electron chi connectivity index (χ2n) is 9.14. The lowest BCUT2D eigenvalue weighted by molar-refractivity contribution is 0.204. The third-order valence-electron chi connectivity index (χ3n) is 6.87. The molecule has 1 heteroatoms. The van der Waals surface area contributed by atoms with Crippen LogP contribution in [-0.4, -0.2) is 0 Å². The van der Waals surface area contributed by atoms with Crippen molar-refractivity contribution in [1.82, 2.24) is 0 Å². The summed E-state index contributed by atoms with van der Waals surface area (Å²) in [6, 6.07) is 14.0. The van der Waals surface area contributed by atoms with Crippen LogP contribution in [0.25, 0.3) is 11.1 Å². The summed E-state index contributed by atoms with van der Waals surface area (Å²) < 4.78 is 14.7. The number of benzene rings is 2. The summed E-state index contributed by atoms with van der Waals surface area (Å²) >= 11 is 0. The highest BCUT2D eigenvalue weighted by molar-refractivity contribution is 5.64. The lowest BCUT2D eigenvalue weighted by atomic mass is 9.73. The van der Waals surface area contributed by atoms with Crippen molar-refractivity contribution in [3.63, 3.8) is 0 Å². The van der Waals surface area contributed by atoms with Crippen molar-refractivity contribution < 1.29 is 4.39 Å². The van der Waals surface area contributed by atoms with Crippen molar-refractivity contribution in [2.45, 2.75) is 78.6 Å². The van der Waals surface area contributed by atoms with E-state index < -0.39 is 0 Å². The summed E-state index contributed by atoms with van der Waals surface area (Å²) in [5.41, 5.74) is 4.02. The average molecular weight is 381 g/mol. The van der Waals surface area contributed by atoms with E-state index in [0.29, 0.717) is 11.5 Å². The van der Waals surface area contributed by atoms with Crippen molar-refractivity contribution in [3.8, 4) is 11.1 Å². The van der Waals surface area contributed by atoms with Gasteiger partial charge in [-0.2, -0.15) is 0 Å². The quantitative estimate of drug-likeness (QED) is 0.403. The van der Waals surface area contributed by atoms with E-state index >= 15 is 0 Å². The molecule has 1 aliphatic rings. The van der Waals surface area contributed by atoms with E-state index in [1.165, 1.54) is 56.9 Å². The smallest absolute Gasteiger partial charge is 0.131 e. The first-order valence-electron chi connectivity index (χ1n) is 11.4. The summed E-state index contributed by atoms with van der Waals surface area (Å²) in [5, 5.41) is 0. The van der Waals surface area contributed by atoms with E-state index in [4.69, 9.17) is 0 Å². The minimum absolute atomic E-state index is 0.0896. The Kier molecular flexibility index (Phi) is 7.71. The van der Waals surface area contributed by atoms with Gasteiger partial charge in [-0.25, -0.2) is 4.39 Å². The standard InChI is InChI=1S/C27H37F/c1-4-5-6-7-22-10-15-24(16-11-22)21(3)18-23-12-17-26(27(28)19-23)25-13-8-20(2)9-14-25/h8-9,12-14,17,19,21-22,24H,4-7,10-11,15-16,18H2,1-3H3. The highest BCUT2D eigenvalue weighted by atomic mass is 19.1. The van der Waals surface area contributed by atoms with Crippen molar-refractivity contribution >= 4 is 0 Å². The predicted molar refractivity (Wildman–Crippen MR) is 119 cm³/mol. The Morgan fingerprint density at radius 2 is 1.68 bits per heavy atom. The van der Waals surface area contributed by atoms with Gasteiger partial charge in [-0.15, -0.1) is 0 Å². The number of halogens is 1. The fourth-order valence-corrected chi connectivity index (χ4v) is 4.92. The van der Waals surface area contributed by atoms with E-state index in [1.54, 1.807) is 6.07 Å². The molecule has 0 N–H and O–H groups in total. The van der Waals surface area contributed by atoms with E-state index in [2.05, 4.69) is 26.8 Å². The third kappa shape index (κ3) is 5.69. The Labute approximate surface area is 171 Å². The van der Waals surface area contributed by atoms with Gasteiger partial charge in [0.1, 0.15) is 5.82 Å². The molecule has 0 amide bonds. The Morgan fingerprint density at radius 1 is 0.964 bits per heavy atom. The fraction of sp³-hybridized carbons (Fsp3) is 0.556. The first-order chi connectivity index (χ1) is 13.6. The minimum atomic E-state index is -0.0896. The molecular formula is C27H37F. The molecule has 1 atom stereocenters. The van der Waals surface area contributed by atoms with Crippen LogP contribution in [0.5, 0.6) is 0 Å². The molecule has 1 aliphatic carbocycles. The van der Waals surface area contributed by atoms with Crippen molar-refractivity contribution in [2.75, 3.05) is 0 Å². The predicted octanol–water partition coefficient (Wildman–Crippen LogP) is 8.37. The van der Waals surface area contributed by atoms with Crippen LogP contribution in [0.3, 0.4) is 0 Å². The van der Waals surface area contributed by atoms with E-state index in [0.717, 1.165) is 29.4 Å². The van der Waals surface area contributed by atoms with Gasteiger partial charge in [-0.3, -0.25) is 0 Å². The molecule has 28 heavy (non-hydrogen) atoms. The molecule has 3 rings (SSSR count). The van der Waals surface area contributed by atoms with E-state index in [9.17, 15) is 4.39 Å². The van der Waals surface area contributed by atoms with Crippen molar-refractivity contribution in [2.24, 2.45) is 17.8 Å². The molecule has 0 radical (unpaired) electrons. The Morgan fingerprint density at radius 3 is 2.32 bits per heavy atom. The number of aryl methyl sites for hydroxylation is 1. The summed E-state index contributed by atoms with van der Waals surface area (Å²) in [6.07, 6.45) is 12.1. The van der Waals surface area contributed by atoms with Gasteiger partial charge < -0.3 is 0 Å². The second-order valence-corrected chi connectivity index (χ2v) is 9.14. The fourth-order valence-electron chi connectivity index (χ4n) is 4.92. The molecular weight excluding hydrogens is 343 g/mol. The maximum atomic E-state index is 14.7. The minimum Gasteiger partial charge on any atom is -0.206 e. The van der Waals surface area contributed by atoms with Crippen LogP contribution in [0.15, 0.2) is 42.5 Å². The lowest BCUT2D eigenvalue weighted by Crippen LogP contribution is -2.21. The summed E-state index contributed by atoms with van der Waals surface area (Å²) in [5.74, 6) is 2.32. The molecule has 152 valence electrons. The molecule has 0 bridgehead atoms. The summed E-state index contributed by atoms with van der Waals surface area (Å²) in [6.45, 7) is 6.71. The second kappa shape index (κ2) is 10.2. The maximum Gasteiger partial charge on any atom is 0.131 e. The van der Waals surface area contributed by atoms with Gasteiger partial charge in [-0.05, 0) is 61.1 Å². The van der Waals surface area contributed by atoms with Crippen LogP contribution >= 0.6 is 0 Å².